The maximum atomic E-state index is 14.1. The van der Waals surface area contributed by atoms with Gasteiger partial charge >= 0.3 is 0 Å². The fourth-order valence-corrected chi connectivity index (χ4v) is 5.71. The zero-order valence-corrected chi connectivity index (χ0v) is 19.7. The van der Waals surface area contributed by atoms with Crippen LogP contribution in [0, 0.1) is 12.3 Å². The molecule has 1 aliphatic carbocycles. The van der Waals surface area contributed by atoms with Crippen molar-refractivity contribution < 1.29 is 17.2 Å². The van der Waals surface area contributed by atoms with Crippen LogP contribution in [0.2, 0.25) is 0 Å². The topological polar surface area (TPSA) is 51.1 Å². The average Bonchev–Trinajstić information content (AvgIpc) is 3.50. The van der Waals surface area contributed by atoms with Gasteiger partial charge in [-0.05, 0) is 47.9 Å². The third-order valence-electron chi connectivity index (χ3n) is 5.86. The van der Waals surface area contributed by atoms with Crippen LogP contribution in [0.5, 0.6) is 0 Å². The number of halogens is 2. The van der Waals surface area contributed by atoms with E-state index in [0.29, 0.717) is 30.3 Å². The van der Waals surface area contributed by atoms with Crippen LogP contribution in [0.3, 0.4) is 0 Å². The van der Waals surface area contributed by atoms with Gasteiger partial charge in [0.05, 0.1) is 5.25 Å². The molecule has 0 bridgehead atoms. The number of fused-ring (bicyclic) bond motifs is 1. The van der Waals surface area contributed by atoms with Crippen molar-refractivity contribution >= 4 is 20.9 Å². The van der Waals surface area contributed by atoms with Crippen LogP contribution in [0.15, 0.2) is 48.7 Å². The Morgan fingerprint density at radius 2 is 1.81 bits per heavy atom. The number of sulfonamides is 1. The van der Waals surface area contributed by atoms with Gasteiger partial charge in [0.1, 0.15) is 6.04 Å². The van der Waals surface area contributed by atoms with Crippen LogP contribution >= 0.6 is 0 Å². The molecule has 2 aromatic carbocycles. The van der Waals surface area contributed by atoms with Crippen LogP contribution < -0.4 is 4.72 Å². The number of aromatic nitrogens is 1. The lowest BCUT2D eigenvalue weighted by atomic mass is 9.96. The second-order valence-electron chi connectivity index (χ2n) is 9.99. The summed E-state index contributed by atoms with van der Waals surface area (Å²) < 4.78 is 57.5. The normalized spacial score (nSPS) is 16.1. The molecule has 1 N–H and O–H groups in total. The highest BCUT2D eigenvalue weighted by molar-refractivity contribution is 7.90. The molecule has 32 heavy (non-hydrogen) atoms. The van der Waals surface area contributed by atoms with E-state index in [2.05, 4.69) is 25.5 Å². The van der Waals surface area contributed by atoms with Gasteiger partial charge in [0.2, 0.25) is 10.0 Å². The van der Waals surface area contributed by atoms with E-state index in [1.165, 1.54) is 0 Å². The zero-order chi connectivity index (χ0) is 23.3. The van der Waals surface area contributed by atoms with Gasteiger partial charge in [-0.2, -0.15) is 0 Å². The Labute approximate surface area is 188 Å². The number of benzene rings is 2. The quantitative estimate of drug-likeness (QED) is 0.467. The van der Waals surface area contributed by atoms with Gasteiger partial charge in [-0.3, -0.25) is 0 Å². The second kappa shape index (κ2) is 8.27. The monoisotopic (exact) mass is 460 g/mol. The van der Waals surface area contributed by atoms with Gasteiger partial charge in [-0.15, -0.1) is 0 Å². The maximum absolute atomic E-state index is 14.1. The molecule has 3 aromatic rings. The van der Waals surface area contributed by atoms with Crippen LogP contribution in [0.4, 0.5) is 8.78 Å². The smallest absolute Gasteiger partial charge is 0.258 e. The lowest BCUT2D eigenvalue weighted by molar-refractivity contribution is 0.109. The Hall–Kier alpha value is -2.25. The molecule has 0 spiro atoms. The molecule has 1 aliphatic rings. The van der Waals surface area contributed by atoms with Crippen molar-refractivity contribution in [3.8, 4) is 11.1 Å². The maximum Gasteiger partial charge on any atom is 0.258 e. The molecule has 1 unspecified atom stereocenters. The van der Waals surface area contributed by atoms with Crippen molar-refractivity contribution in [1.29, 1.82) is 0 Å². The van der Waals surface area contributed by atoms with Crippen LogP contribution in [0.1, 0.15) is 50.8 Å². The third-order valence-corrected chi connectivity index (χ3v) is 7.79. The molecular formula is C25H30F2N2O2S. The van der Waals surface area contributed by atoms with E-state index in [-0.39, 0.29) is 5.41 Å². The van der Waals surface area contributed by atoms with Crippen molar-refractivity contribution in [2.24, 2.45) is 5.41 Å². The number of rotatable bonds is 7. The standard InChI is InChI=1S/C25H30F2N2O2S/c1-16-7-5-6-8-19(16)17-9-12-20-21(14-29(22(20)13-17)15-25(2,3)4)23(24(26)27)28-32(30,31)18-10-11-18/h5-9,12-14,18,23-24,28H,10-11,15H2,1-4H3. The van der Waals surface area contributed by atoms with Crippen LogP contribution in [-0.4, -0.2) is 24.7 Å². The van der Waals surface area contributed by atoms with Gasteiger partial charge in [0.25, 0.3) is 6.43 Å². The van der Waals surface area contributed by atoms with Crippen molar-refractivity contribution in [2.45, 2.75) is 64.8 Å². The molecule has 0 amide bonds. The summed E-state index contributed by atoms with van der Waals surface area (Å²) in [6.45, 7) is 8.92. The molecule has 4 nitrogen and oxygen atoms in total. The Bertz CT molecular complexity index is 1240. The summed E-state index contributed by atoms with van der Waals surface area (Å²) in [5.41, 5.74) is 4.27. The number of hydrogen-bond donors (Lipinski definition) is 1. The summed E-state index contributed by atoms with van der Waals surface area (Å²) in [5.74, 6) is 0. The summed E-state index contributed by atoms with van der Waals surface area (Å²) >= 11 is 0. The molecule has 7 heteroatoms. The fraction of sp³-hybridized carbons (Fsp3) is 0.440. The second-order valence-corrected chi connectivity index (χ2v) is 12.0. The van der Waals surface area contributed by atoms with E-state index in [1.54, 1.807) is 6.20 Å². The Kier molecular flexibility index (Phi) is 5.92. The molecule has 1 heterocycles. The number of hydrogen-bond acceptors (Lipinski definition) is 2. The number of nitrogens with one attached hydrogen (secondary N) is 1. The third kappa shape index (κ3) is 4.74. The highest BCUT2D eigenvalue weighted by Crippen LogP contribution is 2.37. The van der Waals surface area contributed by atoms with Gasteiger partial charge in [0, 0.05) is 29.2 Å². The van der Waals surface area contributed by atoms with Crippen molar-refractivity contribution in [2.75, 3.05) is 0 Å². The molecule has 0 saturated heterocycles. The number of nitrogens with zero attached hydrogens (tertiary/aromatic N) is 1. The largest absolute Gasteiger partial charge is 0.347 e. The lowest BCUT2D eigenvalue weighted by Gasteiger charge is -2.20. The fourth-order valence-electron chi connectivity index (χ4n) is 4.18. The lowest BCUT2D eigenvalue weighted by Crippen LogP contribution is -2.35. The highest BCUT2D eigenvalue weighted by Gasteiger charge is 2.40. The Balaban J connectivity index is 1.86. The van der Waals surface area contributed by atoms with E-state index in [0.717, 1.165) is 22.2 Å². The van der Waals surface area contributed by atoms with Crippen LogP contribution in [0.25, 0.3) is 22.0 Å². The van der Waals surface area contributed by atoms with E-state index >= 15 is 0 Å². The van der Waals surface area contributed by atoms with Crippen molar-refractivity contribution in [1.82, 2.24) is 9.29 Å². The molecule has 0 aliphatic heterocycles. The van der Waals surface area contributed by atoms with Gasteiger partial charge in [-0.1, -0.05) is 57.2 Å². The minimum absolute atomic E-state index is 0.0876. The van der Waals surface area contributed by atoms with Gasteiger partial charge in [0.15, 0.2) is 0 Å². The Morgan fingerprint density at radius 1 is 1.12 bits per heavy atom. The first-order valence-corrected chi connectivity index (χ1v) is 12.5. The molecule has 0 radical (unpaired) electrons. The highest BCUT2D eigenvalue weighted by atomic mass is 32.2. The number of aryl methyl sites for hydroxylation is 1. The van der Waals surface area contributed by atoms with Crippen molar-refractivity contribution in [3.05, 3.63) is 59.8 Å². The van der Waals surface area contributed by atoms with Crippen LogP contribution in [-0.2, 0) is 16.6 Å². The SMILES string of the molecule is Cc1ccccc1-c1ccc2c(C(NS(=O)(=O)C3CC3)C(F)F)cn(CC(C)(C)C)c2c1. The molecule has 1 atom stereocenters. The molecule has 1 fully saturated rings. The minimum atomic E-state index is -3.77. The number of alkyl halides is 2. The molecule has 1 saturated carbocycles. The molecule has 172 valence electrons. The van der Waals surface area contributed by atoms with Gasteiger partial charge < -0.3 is 4.57 Å². The minimum Gasteiger partial charge on any atom is -0.347 e. The summed E-state index contributed by atoms with van der Waals surface area (Å²) in [4.78, 5) is 0. The molecule has 1 aromatic heterocycles. The van der Waals surface area contributed by atoms with E-state index in [4.69, 9.17) is 0 Å². The summed E-state index contributed by atoms with van der Waals surface area (Å²) in [7, 11) is -3.77. The first-order chi connectivity index (χ1) is 15.0. The molecular weight excluding hydrogens is 430 g/mol. The predicted octanol–water partition coefficient (Wildman–Crippen LogP) is 6.05. The summed E-state index contributed by atoms with van der Waals surface area (Å²) in [6, 6.07) is 12.3. The summed E-state index contributed by atoms with van der Waals surface area (Å²) in [5, 5.41) is 0.0923. The Morgan fingerprint density at radius 3 is 2.41 bits per heavy atom. The average molecular weight is 461 g/mol. The zero-order valence-electron chi connectivity index (χ0n) is 18.9. The van der Waals surface area contributed by atoms with Crippen molar-refractivity contribution in [3.63, 3.8) is 0 Å². The van der Waals surface area contributed by atoms with E-state index < -0.39 is 27.7 Å². The first-order valence-electron chi connectivity index (χ1n) is 10.9. The van der Waals surface area contributed by atoms with E-state index in [9.17, 15) is 17.2 Å². The summed E-state index contributed by atoms with van der Waals surface area (Å²) in [6.07, 6.45) is -0.106. The predicted molar refractivity (Wildman–Crippen MR) is 125 cm³/mol. The molecule has 4 rings (SSSR count). The van der Waals surface area contributed by atoms with E-state index in [1.807, 2.05) is 54.0 Å². The van der Waals surface area contributed by atoms with Gasteiger partial charge in [-0.25, -0.2) is 21.9 Å². The first kappa shape index (κ1) is 22.9.